The Bertz CT molecular complexity index is 335. The summed E-state index contributed by atoms with van der Waals surface area (Å²) in [5.41, 5.74) is 1.60. The molecule has 1 N–H and O–H groups in total. The fraction of sp³-hybridized carbons (Fsp3) is 0.500. The number of hydrogen-bond acceptors (Lipinski definition) is 4. The minimum absolute atomic E-state index is 0.000926. The molecule has 0 radical (unpaired) electrons. The Hall–Kier alpha value is -0.650. The van der Waals surface area contributed by atoms with Crippen LogP contribution in [0.4, 0.5) is 0 Å². The van der Waals surface area contributed by atoms with Crippen molar-refractivity contribution < 1.29 is 4.79 Å². The minimum atomic E-state index is -0.000926. The molecule has 2 rings (SSSR count). The molecule has 1 aliphatic rings. The molecule has 6 heteroatoms. The van der Waals surface area contributed by atoms with Crippen molar-refractivity contribution in [2.75, 3.05) is 26.2 Å². The van der Waals surface area contributed by atoms with E-state index in [2.05, 4.69) is 10.3 Å². The molecule has 0 aliphatic carbocycles. The number of carbonyl (C=O) groups excluding carboxylic acids is 1. The molecule has 0 saturated carbocycles. The summed E-state index contributed by atoms with van der Waals surface area (Å²) in [4.78, 5) is 18.1. The van der Waals surface area contributed by atoms with E-state index in [0.717, 1.165) is 26.2 Å². The fourth-order valence-electron chi connectivity index (χ4n) is 1.38. The van der Waals surface area contributed by atoms with E-state index in [4.69, 9.17) is 11.6 Å². The molecule has 0 unspecified atom stereocenters. The first-order chi connectivity index (χ1) is 6.79. The quantitative estimate of drug-likeness (QED) is 0.779. The van der Waals surface area contributed by atoms with Gasteiger partial charge in [0.25, 0.3) is 5.91 Å². The van der Waals surface area contributed by atoms with Gasteiger partial charge in [-0.1, -0.05) is 11.6 Å². The van der Waals surface area contributed by atoms with Gasteiger partial charge >= 0.3 is 0 Å². The number of carbonyl (C=O) groups is 1. The van der Waals surface area contributed by atoms with Crippen molar-refractivity contribution >= 4 is 28.8 Å². The van der Waals surface area contributed by atoms with Gasteiger partial charge in [0, 0.05) is 26.2 Å². The van der Waals surface area contributed by atoms with Crippen LogP contribution in [-0.2, 0) is 0 Å². The van der Waals surface area contributed by atoms with Gasteiger partial charge in [0.15, 0.2) is 5.15 Å². The molecule has 14 heavy (non-hydrogen) atoms. The maximum Gasteiger partial charge on any atom is 0.267 e. The Morgan fingerprint density at radius 1 is 1.57 bits per heavy atom. The Morgan fingerprint density at radius 2 is 2.29 bits per heavy atom. The topological polar surface area (TPSA) is 45.2 Å². The van der Waals surface area contributed by atoms with Gasteiger partial charge in [-0.05, 0) is 0 Å². The molecule has 1 aromatic rings. The Kier molecular flexibility index (Phi) is 3.00. The molecule has 76 valence electrons. The lowest BCUT2D eigenvalue weighted by molar-refractivity contribution is 0.0740. The van der Waals surface area contributed by atoms with Gasteiger partial charge in [0.2, 0.25) is 0 Å². The zero-order valence-electron chi connectivity index (χ0n) is 7.49. The predicted molar refractivity (Wildman–Crippen MR) is 55.9 cm³/mol. The fourth-order valence-corrected chi connectivity index (χ4v) is 2.35. The number of aromatic nitrogens is 1. The first kappa shape index (κ1) is 9.89. The maximum atomic E-state index is 11.9. The van der Waals surface area contributed by atoms with Crippen molar-refractivity contribution in [3.8, 4) is 0 Å². The second kappa shape index (κ2) is 4.25. The van der Waals surface area contributed by atoms with E-state index in [9.17, 15) is 4.79 Å². The summed E-state index contributed by atoms with van der Waals surface area (Å²) in [6, 6.07) is 0. The third-order valence-electron chi connectivity index (χ3n) is 2.12. The molecular weight excluding hydrogens is 222 g/mol. The van der Waals surface area contributed by atoms with Crippen LogP contribution in [0.5, 0.6) is 0 Å². The average molecular weight is 232 g/mol. The average Bonchev–Trinajstić information content (AvgIpc) is 2.65. The number of halogens is 1. The van der Waals surface area contributed by atoms with Crippen molar-refractivity contribution in [2.24, 2.45) is 0 Å². The van der Waals surface area contributed by atoms with Crippen LogP contribution in [0, 0.1) is 0 Å². The molecule has 1 aliphatic heterocycles. The number of piperazine rings is 1. The molecule has 1 aromatic heterocycles. The minimum Gasteiger partial charge on any atom is -0.335 e. The van der Waals surface area contributed by atoms with Crippen molar-refractivity contribution in [3.05, 3.63) is 15.5 Å². The largest absolute Gasteiger partial charge is 0.335 e. The predicted octanol–water partition coefficient (Wildman–Crippen LogP) is 0.842. The standard InChI is InChI=1S/C8H10ClN3OS/c9-7-6(14-5-11-7)8(13)12-3-1-10-2-4-12/h5,10H,1-4H2. The summed E-state index contributed by atoms with van der Waals surface area (Å²) in [7, 11) is 0. The van der Waals surface area contributed by atoms with E-state index in [-0.39, 0.29) is 5.91 Å². The van der Waals surface area contributed by atoms with Gasteiger partial charge < -0.3 is 10.2 Å². The second-order valence-electron chi connectivity index (χ2n) is 3.01. The summed E-state index contributed by atoms with van der Waals surface area (Å²) in [5, 5.41) is 3.51. The molecule has 1 saturated heterocycles. The summed E-state index contributed by atoms with van der Waals surface area (Å²) in [5.74, 6) is -0.000926. The smallest absolute Gasteiger partial charge is 0.267 e. The van der Waals surface area contributed by atoms with Crippen LogP contribution in [0.1, 0.15) is 9.67 Å². The lowest BCUT2D eigenvalue weighted by Crippen LogP contribution is -2.46. The van der Waals surface area contributed by atoms with Crippen molar-refractivity contribution in [1.29, 1.82) is 0 Å². The number of rotatable bonds is 1. The van der Waals surface area contributed by atoms with Crippen molar-refractivity contribution in [3.63, 3.8) is 0 Å². The van der Waals surface area contributed by atoms with Gasteiger partial charge in [-0.3, -0.25) is 4.79 Å². The molecule has 0 spiro atoms. The van der Waals surface area contributed by atoms with Gasteiger partial charge in [-0.15, -0.1) is 11.3 Å². The maximum absolute atomic E-state index is 11.9. The highest BCUT2D eigenvalue weighted by molar-refractivity contribution is 7.12. The van der Waals surface area contributed by atoms with Crippen LogP contribution >= 0.6 is 22.9 Å². The first-order valence-electron chi connectivity index (χ1n) is 4.38. The van der Waals surface area contributed by atoms with Crippen LogP contribution in [0.2, 0.25) is 5.15 Å². The van der Waals surface area contributed by atoms with E-state index in [1.165, 1.54) is 11.3 Å². The van der Waals surface area contributed by atoms with Crippen LogP contribution in [0.3, 0.4) is 0 Å². The zero-order valence-corrected chi connectivity index (χ0v) is 9.07. The second-order valence-corrected chi connectivity index (χ2v) is 4.23. The lowest BCUT2D eigenvalue weighted by atomic mass is 10.3. The molecule has 1 fully saturated rings. The summed E-state index contributed by atoms with van der Waals surface area (Å²) >= 11 is 7.09. The number of nitrogens with zero attached hydrogens (tertiary/aromatic N) is 2. The van der Waals surface area contributed by atoms with E-state index >= 15 is 0 Å². The molecule has 0 atom stereocenters. The SMILES string of the molecule is O=C(c1scnc1Cl)N1CCNCC1. The molecule has 4 nitrogen and oxygen atoms in total. The Labute approximate surface area is 90.9 Å². The van der Waals surface area contributed by atoms with E-state index in [0.29, 0.717) is 10.0 Å². The summed E-state index contributed by atoms with van der Waals surface area (Å²) in [6.45, 7) is 3.18. The van der Waals surface area contributed by atoms with Crippen LogP contribution in [0.25, 0.3) is 0 Å². The monoisotopic (exact) mass is 231 g/mol. The lowest BCUT2D eigenvalue weighted by Gasteiger charge is -2.26. The number of hydrogen-bond donors (Lipinski definition) is 1. The third kappa shape index (κ3) is 1.89. The van der Waals surface area contributed by atoms with Crippen molar-refractivity contribution in [1.82, 2.24) is 15.2 Å². The van der Waals surface area contributed by atoms with Gasteiger partial charge in [-0.25, -0.2) is 4.98 Å². The summed E-state index contributed by atoms with van der Waals surface area (Å²) in [6.07, 6.45) is 0. The van der Waals surface area contributed by atoms with Crippen LogP contribution in [0.15, 0.2) is 5.51 Å². The van der Waals surface area contributed by atoms with Gasteiger partial charge in [0.05, 0.1) is 5.51 Å². The third-order valence-corrected chi connectivity index (χ3v) is 3.34. The molecule has 2 heterocycles. The molecular formula is C8H10ClN3OS. The molecule has 0 bridgehead atoms. The van der Waals surface area contributed by atoms with Gasteiger partial charge in [0.1, 0.15) is 4.88 Å². The van der Waals surface area contributed by atoms with E-state index in [1.54, 1.807) is 10.4 Å². The highest BCUT2D eigenvalue weighted by Crippen LogP contribution is 2.20. The van der Waals surface area contributed by atoms with Crippen molar-refractivity contribution in [2.45, 2.75) is 0 Å². The molecule has 0 aromatic carbocycles. The van der Waals surface area contributed by atoms with Crippen LogP contribution in [-0.4, -0.2) is 42.0 Å². The zero-order chi connectivity index (χ0) is 9.97. The first-order valence-corrected chi connectivity index (χ1v) is 5.64. The van der Waals surface area contributed by atoms with Crippen LogP contribution < -0.4 is 5.32 Å². The number of nitrogens with one attached hydrogen (secondary N) is 1. The van der Waals surface area contributed by atoms with E-state index < -0.39 is 0 Å². The number of amides is 1. The van der Waals surface area contributed by atoms with E-state index in [1.807, 2.05) is 0 Å². The summed E-state index contributed by atoms with van der Waals surface area (Å²) < 4.78 is 0. The molecule has 1 amide bonds. The van der Waals surface area contributed by atoms with Gasteiger partial charge in [-0.2, -0.15) is 0 Å². The highest BCUT2D eigenvalue weighted by Gasteiger charge is 2.21. The number of thiazole rings is 1. The Morgan fingerprint density at radius 3 is 2.86 bits per heavy atom. The normalized spacial score (nSPS) is 17.1. The Balaban J connectivity index is 2.11. The highest BCUT2D eigenvalue weighted by atomic mass is 35.5.